The zero-order chi connectivity index (χ0) is 13.0. The maximum atomic E-state index is 6.82. The minimum Gasteiger partial charge on any atom is -0.493 e. The second-order valence-electron chi connectivity index (χ2n) is 6.32. The average molecular weight is 297 g/mol. The molecule has 0 amide bonds. The van der Waals surface area contributed by atoms with Crippen molar-refractivity contribution >= 4 is 23.2 Å². The zero-order valence-corrected chi connectivity index (χ0v) is 12.4. The van der Waals surface area contributed by atoms with E-state index in [2.05, 4.69) is 0 Å². The lowest BCUT2D eigenvalue weighted by Crippen LogP contribution is -2.16. The van der Waals surface area contributed by atoms with Crippen LogP contribution in [-0.4, -0.2) is 6.61 Å². The van der Waals surface area contributed by atoms with Crippen LogP contribution >= 0.6 is 23.2 Å². The van der Waals surface area contributed by atoms with Gasteiger partial charge in [-0.3, -0.25) is 0 Å². The monoisotopic (exact) mass is 296 g/mol. The smallest absolute Gasteiger partial charge is 0.127 e. The fourth-order valence-corrected chi connectivity index (χ4v) is 5.11. The summed E-state index contributed by atoms with van der Waals surface area (Å²) in [5, 5.41) is 0.869. The van der Waals surface area contributed by atoms with Gasteiger partial charge in [0.2, 0.25) is 0 Å². The minimum absolute atomic E-state index is 0.0702. The lowest BCUT2D eigenvalue weighted by atomic mass is 9.83. The molecule has 3 heteroatoms. The predicted molar refractivity (Wildman–Crippen MR) is 78.2 cm³/mol. The number of hydrogen-bond donors (Lipinski definition) is 0. The Morgan fingerprint density at radius 1 is 1.21 bits per heavy atom. The van der Waals surface area contributed by atoms with Crippen LogP contribution in [0, 0.1) is 17.8 Å². The average Bonchev–Trinajstić information content (AvgIpc) is 3.11. The highest BCUT2D eigenvalue weighted by Gasteiger charge is 2.44. The minimum atomic E-state index is 0.0702. The number of ether oxygens (including phenoxy) is 1. The van der Waals surface area contributed by atoms with E-state index < -0.39 is 0 Å². The molecule has 0 radical (unpaired) electrons. The number of rotatable bonds is 2. The molecular weight excluding hydrogens is 279 g/mol. The molecule has 1 aromatic carbocycles. The van der Waals surface area contributed by atoms with E-state index in [1.165, 1.54) is 31.2 Å². The summed E-state index contributed by atoms with van der Waals surface area (Å²) in [6.45, 7) is 0.767. The van der Waals surface area contributed by atoms with E-state index in [9.17, 15) is 0 Å². The van der Waals surface area contributed by atoms with E-state index in [0.717, 1.165) is 41.2 Å². The molecule has 0 aromatic heterocycles. The first-order valence-electron chi connectivity index (χ1n) is 7.31. The van der Waals surface area contributed by atoms with Crippen molar-refractivity contribution in [2.24, 2.45) is 17.8 Å². The molecule has 1 aliphatic heterocycles. The van der Waals surface area contributed by atoms with Crippen LogP contribution in [0.25, 0.3) is 0 Å². The van der Waals surface area contributed by atoms with Gasteiger partial charge in [-0.05, 0) is 54.7 Å². The van der Waals surface area contributed by atoms with Crippen LogP contribution in [0.3, 0.4) is 0 Å². The summed E-state index contributed by atoms with van der Waals surface area (Å²) in [6.07, 6.45) is 6.41. The Morgan fingerprint density at radius 3 is 2.84 bits per heavy atom. The van der Waals surface area contributed by atoms with Gasteiger partial charge in [-0.1, -0.05) is 18.0 Å². The van der Waals surface area contributed by atoms with E-state index >= 15 is 0 Å². The van der Waals surface area contributed by atoms with Crippen molar-refractivity contribution in [3.63, 3.8) is 0 Å². The fraction of sp³-hybridized carbons (Fsp3) is 0.625. The first-order valence-corrected chi connectivity index (χ1v) is 8.13. The van der Waals surface area contributed by atoms with Gasteiger partial charge in [0.25, 0.3) is 0 Å². The Balaban J connectivity index is 1.69. The van der Waals surface area contributed by atoms with Crippen LogP contribution in [0.4, 0.5) is 0 Å². The molecule has 0 saturated heterocycles. The quantitative estimate of drug-likeness (QED) is 0.699. The second-order valence-corrected chi connectivity index (χ2v) is 7.23. The number of fused-ring (bicyclic) bond motifs is 3. The first-order chi connectivity index (χ1) is 9.22. The van der Waals surface area contributed by atoms with Gasteiger partial charge in [-0.15, -0.1) is 11.6 Å². The van der Waals surface area contributed by atoms with Gasteiger partial charge in [0.15, 0.2) is 0 Å². The van der Waals surface area contributed by atoms with Crippen molar-refractivity contribution in [1.82, 2.24) is 0 Å². The molecule has 4 rings (SSSR count). The fourth-order valence-electron chi connectivity index (χ4n) is 4.39. The van der Waals surface area contributed by atoms with Crippen LogP contribution < -0.4 is 4.74 Å². The van der Waals surface area contributed by atoms with Gasteiger partial charge >= 0.3 is 0 Å². The molecule has 1 aromatic rings. The molecule has 19 heavy (non-hydrogen) atoms. The predicted octanol–water partition coefficient (Wildman–Crippen LogP) is 4.99. The number of halogens is 2. The largest absolute Gasteiger partial charge is 0.493 e. The zero-order valence-electron chi connectivity index (χ0n) is 10.9. The highest BCUT2D eigenvalue weighted by atomic mass is 35.5. The Hall–Kier alpha value is -0.400. The summed E-state index contributed by atoms with van der Waals surface area (Å²) in [5.74, 6) is 3.38. The van der Waals surface area contributed by atoms with Crippen LogP contribution in [0.5, 0.6) is 5.75 Å². The van der Waals surface area contributed by atoms with Crippen molar-refractivity contribution < 1.29 is 4.74 Å². The molecule has 0 N–H and O–H groups in total. The molecule has 4 unspecified atom stereocenters. The van der Waals surface area contributed by atoms with E-state index in [1.807, 2.05) is 12.1 Å². The van der Waals surface area contributed by atoms with E-state index in [0.29, 0.717) is 5.92 Å². The summed E-state index contributed by atoms with van der Waals surface area (Å²) in [7, 11) is 0. The van der Waals surface area contributed by atoms with Crippen LogP contribution in [0.2, 0.25) is 5.02 Å². The Kier molecular flexibility index (Phi) is 2.97. The molecular formula is C16H18Cl2O. The summed E-state index contributed by atoms with van der Waals surface area (Å²) < 4.78 is 5.80. The Morgan fingerprint density at radius 2 is 2.11 bits per heavy atom. The highest BCUT2D eigenvalue weighted by Crippen LogP contribution is 2.56. The van der Waals surface area contributed by atoms with Crippen molar-refractivity contribution in [2.45, 2.75) is 37.5 Å². The van der Waals surface area contributed by atoms with Gasteiger partial charge in [-0.2, -0.15) is 0 Å². The van der Waals surface area contributed by atoms with Gasteiger partial charge < -0.3 is 4.74 Å². The van der Waals surface area contributed by atoms with Crippen LogP contribution in [-0.2, 0) is 6.42 Å². The third-order valence-corrected chi connectivity index (χ3v) is 6.02. The van der Waals surface area contributed by atoms with Gasteiger partial charge in [0.1, 0.15) is 5.75 Å². The lowest BCUT2D eigenvalue weighted by molar-refractivity contribution is 0.312. The summed E-state index contributed by atoms with van der Waals surface area (Å²) in [4.78, 5) is 0. The van der Waals surface area contributed by atoms with E-state index in [1.54, 1.807) is 0 Å². The molecule has 3 aliphatic rings. The summed E-state index contributed by atoms with van der Waals surface area (Å²) >= 11 is 13.1. The van der Waals surface area contributed by atoms with Crippen molar-refractivity contribution in [2.75, 3.05) is 6.61 Å². The molecule has 4 atom stereocenters. The van der Waals surface area contributed by atoms with Crippen LogP contribution in [0.1, 0.15) is 42.2 Å². The van der Waals surface area contributed by atoms with Crippen LogP contribution in [0.15, 0.2) is 12.1 Å². The number of hydrogen-bond acceptors (Lipinski definition) is 1. The van der Waals surface area contributed by atoms with Crippen molar-refractivity contribution in [3.05, 3.63) is 28.3 Å². The first kappa shape index (κ1) is 12.3. The SMILES string of the molecule is Clc1cc2c(c(C(Cl)C3CC4CCC3C4)c1)OCC2. The van der Waals surface area contributed by atoms with Gasteiger partial charge in [-0.25, -0.2) is 0 Å². The topological polar surface area (TPSA) is 9.23 Å². The third-order valence-electron chi connectivity index (χ3n) is 5.24. The lowest BCUT2D eigenvalue weighted by Gasteiger charge is -2.27. The molecule has 2 aliphatic carbocycles. The molecule has 2 bridgehead atoms. The van der Waals surface area contributed by atoms with Crippen molar-refractivity contribution in [3.8, 4) is 5.75 Å². The summed E-state index contributed by atoms with van der Waals surface area (Å²) in [6, 6.07) is 4.05. The molecule has 0 spiro atoms. The Labute approximate surface area is 124 Å². The second kappa shape index (κ2) is 4.56. The van der Waals surface area contributed by atoms with E-state index in [-0.39, 0.29) is 5.38 Å². The standard InChI is InChI=1S/C16H18Cl2O/c17-12-7-11-3-4-19-16(11)14(8-12)15(18)13-6-9-1-2-10(13)5-9/h7-10,13,15H,1-6H2. The van der Waals surface area contributed by atoms with Crippen molar-refractivity contribution in [1.29, 1.82) is 0 Å². The molecule has 2 saturated carbocycles. The maximum absolute atomic E-state index is 6.82. The number of benzene rings is 1. The van der Waals surface area contributed by atoms with Gasteiger partial charge in [0.05, 0.1) is 12.0 Å². The molecule has 102 valence electrons. The van der Waals surface area contributed by atoms with E-state index in [4.69, 9.17) is 27.9 Å². The summed E-state index contributed by atoms with van der Waals surface area (Å²) in [5.41, 5.74) is 2.37. The maximum Gasteiger partial charge on any atom is 0.127 e. The normalized spacial score (nSPS) is 33.3. The highest BCUT2D eigenvalue weighted by molar-refractivity contribution is 6.31. The molecule has 1 nitrogen and oxygen atoms in total. The number of alkyl halides is 1. The Bertz CT molecular complexity index is 514. The van der Waals surface area contributed by atoms with Gasteiger partial charge in [0, 0.05) is 17.0 Å². The third kappa shape index (κ3) is 1.97. The molecule has 1 heterocycles. The molecule has 2 fully saturated rings.